The molecule has 1 aromatic carbocycles. The topological polar surface area (TPSA) is 55.8 Å². The highest BCUT2D eigenvalue weighted by Gasteiger charge is 2.15. The van der Waals surface area contributed by atoms with Gasteiger partial charge in [-0.25, -0.2) is 0 Å². The average molecular weight is 300 g/mol. The van der Waals surface area contributed by atoms with E-state index in [0.29, 0.717) is 30.7 Å². The molecule has 0 fully saturated rings. The van der Waals surface area contributed by atoms with Crippen LogP contribution in [-0.2, 0) is 4.79 Å². The summed E-state index contributed by atoms with van der Waals surface area (Å²) < 4.78 is 10.6. The highest BCUT2D eigenvalue weighted by atomic mass is 35.5. The second kappa shape index (κ2) is 7.75. The Bertz CT molecular complexity index is 486. The Labute approximate surface area is 123 Å². The molecule has 0 atom stereocenters. The molecule has 0 heterocycles. The summed E-state index contributed by atoms with van der Waals surface area (Å²) in [7, 11) is 1.44. The van der Waals surface area contributed by atoms with Gasteiger partial charge in [-0.05, 0) is 26.0 Å². The zero-order valence-electron chi connectivity index (χ0n) is 11.8. The summed E-state index contributed by atoms with van der Waals surface area (Å²) in [5.74, 6) is 0.458. The normalized spacial score (nSPS) is 10.0. The lowest BCUT2D eigenvalue weighted by Crippen LogP contribution is -2.34. The van der Waals surface area contributed by atoms with Crippen LogP contribution in [0.15, 0.2) is 12.1 Å². The van der Waals surface area contributed by atoms with Gasteiger partial charge in [0.05, 0.1) is 12.1 Å². The van der Waals surface area contributed by atoms with Crippen LogP contribution < -0.4 is 9.47 Å². The molecule has 0 aromatic heterocycles. The first-order chi connectivity index (χ1) is 9.57. The maximum Gasteiger partial charge on any atom is 0.260 e. The number of benzene rings is 1. The van der Waals surface area contributed by atoms with E-state index in [1.165, 1.54) is 19.2 Å². The number of nitrogens with zero attached hydrogens (tertiary/aromatic N) is 1. The van der Waals surface area contributed by atoms with Crippen molar-refractivity contribution in [2.45, 2.75) is 13.8 Å². The molecular formula is C14H18ClNO4. The summed E-state index contributed by atoms with van der Waals surface area (Å²) in [6.45, 7) is 4.90. The average Bonchev–Trinajstić information content (AvgIpc) is 2.46. The minimum absolute atomic E-state index is 0.127. The third-order valence-corrected chi connectivity index (χ3v) is 3.12. The molecule has 0 N–H and O–H groups in total. The van der Waals surface area contributed by atoms with Gasteiger partial charge in [-0.2, -0.15) is 0 Å². The minimum atomic E-state index is -0.132. The summed E-state index contributed by atoms with van der Waals surface area (Å²) in [6, 6.07) is 2.98. The lowest BCUT2D eigenvalue weighted by Gasteiger charge is -2.19. The summed E-state index contributed by atoms with van der Waals surface area (Å²) in [5, 5.41) is 0.235. The van der Waals surface area contributed by atoms with E-state index in [4.69, 9.17) is 21.1 Å². The number of hydrogen-bond acceptors (Lipinski definition) is 4. The lowest BCUT2D eigenvalue weighted by atomic mass is 10.2. The molecule has 0 saturated carbocycles. The molecule has 110 valence electrons. The summed E-state index contributed by atoms with van der Waals surface area (Å²) >= 11 is 6.03. The summed E-state index contributed by atoms with van der Waals surface area (Å²) in [5.41, 5.74) is 0.384. The van der Waals surface area contributed by atoms with Crippen LogP contribution in [0.5, 0.6) is 11.5 Å². The molecular weight excluding hydrogens is 282 g/mol. The van der Waals surface area contributed by atoms with E-state index in [1.54, 1.807) is 4.90 Å². The molecule has 0 radical (unpaired) electrons. The molecule has 1 aromatic rings. The number of ether oxygens (including phenoxy) is 2. The zero-order chi connectivity index (χ0) is 15.1. The van der Waals surface area contributed by atoms with Crippen molar-refractivity contribution in [2.75, 3.05) is 26.8 Å². The van der Waals surface area contributed by atoms with E-state index in [2.05, 4.69) is 0 Å². The number of amides is 1. The van der Waals surface area contributed by atoms with Gasteiger partial charge in [0, 0.05) is 18.7 Å². The molecule has 0 aliphatic rings. The zero-order valence-corrected chi connectivity index (χ0v) is 12.6. The number of likely N-dealkylation sites (N-methyl/N-ethyl adjacent to an activating group) is 1. The predicted molar refractivity (Wildman–Crippen MR) is 76.8 cm³/mol. The summed E-state index contributed by atoms with van der Waals surface area (Å²) in [4.78, 5) is 24.3. The first kappa shape index (κ1) is 16.3. The maximum absolute atomic E-state index is 11.9. The smallest absolute Gasteiger partial charge is 0.260 e. The number of methoxy groups -OCH3 is 1. The van der Waals surface area contributed by atoms with Gasteiger partial charge in [0.25, 0.3) is 5.91 Å². The van der Waals surface area contributed by atoms with Crippen molar-refractivity contribution in [3.63, 3.8) is 0 Å². The van der Waals surface area contributed by atoms with Crippen molar-refractivity contribution < 1.29 is 19.1 Å². The van der Waals surface area contributed by atoms with Crippen LogP contribution in [0.3, 0.4) is 0 Å². The number of hydrogen-bond donors (Lipinski definition) is 0. The molecule has 0 unspecified atom stereocenters. The van der Waals surface area contributed by atoms with Crippen molar-refractivity contribution >= 4 is 23.8 Å². The number of halogens is 1. The van der Waals surface area contributed by atoms with E-state index >= 15 is 0 Å². The van der Waals surface area contributed by atoms with Gasteiger partial charge in [-0.1, -0.05) is 11.6 Å². The largest absolute Gasteiger partial charge is 0.493 e. The van der Waals surface area contributed by atoms with Gasteiger partial charge in [0.1, 0.15) is 6.29 Å². The SMILES string of the molecule is CCN(CC)C(=O)COc1c(Cl)cc(C=O)cc1OC. The van der Waals surface area contributed by atoms with Crippen LogP contribution in [0.25, 0.3) is 0 Å². The molecule has 6 heteroatoms. The molecule has 0 spiro atoms. The van der Waals surface area contributed by atoms with Gasteiger partial charge in [0.2, 0.25) is 0 Å². The lowest BCUT2D eigenvalue weighted by molar-refractivity contribution is -0.132. The Morgan fingerprint density at radius 2 is 2.00 bits per heavy atom. The predicted octanol–water partition coefficient (Wildman–Crippen LogP) is 2.41. The quantitative estimate of drug-likeness (QED) is 0.726. The van der Waals surface area contributed by atoms with Crippen LogP contribution in [0.4, 0.5) is 0 Å². The fourth-order valence-corrected chi connectivity index (χ4v) is 2.02. The number of aldehydes is 1. The first-order valence-corrected chi connectivity index (χ1v) is 6.68. The van der Waals surface area contributed by atoms with Crippen molar-refractivity contribution in [3.8, 4) is 11.5 Å². The Morgan fingerprint density at radius 3 is 2.50 bits per heavy atom. The molecule has 0 bridgehead atoms. The van der Waals surface area contributed by atoms with Gasteiger partial charge < -0.3 is 14.4 Å². The molecule has 5 nitrogen and oxygen atoms in total. The van der Waals surface area contributed by atoms with Gasteiger partial charge in [-0.3, -0.25) is 9.59 Å². The first-order valence-electron chi connectivity index (χ1n) is 6.30. The van der Waals surface area contributed by atoms with Gasteiger partial charge in [0.15, 0.2) is 18.1 Å². The third-order valence-electron chi connectivity index (χ3n) is 2.84. The number of carbonyl (C=O) groups is 2. The minimum Gasteiger partial charge on any atom is -0.493 e. The molecule has 0 aliphatic heterocycles. The Balaban J connectivity index is 2.87. The molecule has 1 amide bonds. The third kappa shape index (κ3) is 3.87. The van der Waals surface area contributed by atoms with Crippen molar-refractivity contribution in [3.05, 3.63) is 22.7 Å². The van der Waals surface area contributed by atoms with Crippen molar-refractivity contribution in [2.24, 2.45) is 0 Å². The van der Waals surface area contributed by atoms with Crippen LogP contribution >= 0.6 is 11.6 Å². The Morgan fingerprint density at radius 1 is 1.35 bits per heavy atom. The molecule has 1 rings (SSSR count). The fraction of sp³-hybridized carbons (Fsp3) is 0.429. The highest BCUT2D eigenvalue weighted by Crippen LogP contribution is 2.36. The number of rotatable bonds is 7. The Hall–Kier alpha value is -1.75. The molecule has 0 aliphatic carbocycles. The van der Waals surface area contributed by atoms with E-state index in [-0.39, 0.29) is 23.3 Å². The monoisotopic (exact) mass is 299 g/mol. The standard InChI is InChI=1S/C14H18ClNO4/c1-4-16(5-2)13(18)9-20-14-11(15)6-10(8-17)7-12(14)19-3/h6-8H,4-5,9H2,1-3H3. The molecule has 20 heavy (non-hydrogen) atoms. The maximum atomic E-state index is 11.9. The van der Waals surface area contributed by atoms with Gasteiger partial charge in [-0.15, -0.1) is 0 Å². The fourth-order valence-electron chi connectivity index (χ4n) is 1.75. The summed E-state index contributed by atoms with van der Waals surface area (Å²) in [6.07, 6.45) is 0.666. The number of carbonyl (C=O) groups excluding carboxylic acids is 2. The van der Waals surface area contributed by atoms with E-state index in [1.807, 2.05) is 13.8 Å². The second-order valence-electron chi connectivity index (χ2n) is 4.01. The van der Waals surface area contributed by atoms with Crippen LogP contribution in [0.1, 0.15) is 24.2 Å². The molecule has 0 saturated heterocycles. The highest BCUT2D eigenvalue weighted by molar-refractivity contribution is 6.32. The van der Waals surface area contributed by atoms with Crippen molar-refractivity contribution in [1.29, 1.82) is 0 Å². The Kier molecular flexibility index (Phi) is 6.31. The second-order valence-corrected chi connectivity index (χ2v) is 4.41. The van der Waals surface area contributed by atoms with Crippen LogP contribution in [0.2, 0.25) is 5.02 Å². The van der Waals surface area contributed by atoms with Crippen molar-refractivity contribution in [1.82, 2.24) is 4.90 Å². The van der Waals surface area contributed by atoms with E-state index in [0.717, 1.165) is 0 Å². The van der Waals surface area contributed by atoms with Crippen LogP contribution in [0, 0.1) is 0 Å². The van der Waals surface area contributed by atoms with E-state index < -0.39 is 0 Å². The van der Waals surface area contributed by atoms with Crippen LogP contribution in [-0.4, -0.2) is 43.9 Å². The van der Waals surface area contributed by atoms with E-state index in [9.17, 15) is 9.59 Å². The van der Waals surface area contributed by atoms with Gasteiger partial charge >= 0.3 is 0 Å².